The number of carbonyl (C=O) groups is 3. The van der Waals surface area contributed by atoms with Gasteiger partial charge in [0.2, 0.25) is 5.91 Å². The van der Waals surface area contributed by atoms with Crippen molar-refractivity contribution in [2.24, 2.45) is 0 Å². The third kappa shape index (κ3) is 6.73. The topological polar surface area (TPSA) is 104 Å². The van der Waals surface area contributed by atoms with Gasteiger partial charge in [-0.25, -0.2) is 22.4 Å². The van der Waals surface area contributed by atoms with Gasteiger partial charge >= 0.3 is 17.7 Å². The van der Waals surface area contributed by atoms with Crippen molar-refractivity contribution in [1.29, 1.82) is 0 Å². The highest BCUT2D eigenvalue weighted by Gasteiger charge is 2.46. The molecule has 0 radical (unpaired) electrons. The van der Waals surface area contributed by atoms with Crippen molar-refractivity contribution in [3.63, 3.8) is 0 Å². The molecule has 1 atom stereocenters. The molecular weight excluding hydrogens is 605 g/mol. The molecule has 0 bridgehead atoms. The predicted molar refractivity (Wildman–Crippen MR) is 136 cm³/mol. The molecule has 4 rings (SSSR count). The molecule has 1 aliphatic heterocycles. The SMILES string of the molecule is Cc1c(C)c(=O)[nH][n+](OC(=O)C(F)(F)F)c1Cc1ccc(F)c(C(=O)N2CCN(C(c3ccc(F)cc3)C(F)F)C(=O)C2)c1. The summed E-state index contributed by atoms with van der Waals surface area (Å²) in [6.07, 6.45) is -8.75. The Bertz CT molecular complexity index is 1660. The van der Waals surface area contributed by atoms with Crippen LogP contribution in [-0.4, -0.2) is 64.9 Å². The van der Waals surface area contributed by atoms with Crippen LogP contribution in [0.15, 0.2) is 47.3 Å². The number of amides is 2. The molecule has 1 aliphatic rings. The minimum atomic E-state index is -5.38. The fourth-order valence-corrected chi connectivity index (χ4v) is 4.68. The van der Waals surface area contributed by atoms with Gasteiger partial charge in [0.15, 0.2) is 0 Å². The highest BCUT2D eigenvalue weighted by molar-refractivity contribution is 5.97. The van der Waals surface area contributed by atoms with Crippen LogP contribution in [0, 0.1) is 25.5 Å². The molecule has 1 N–H and O–H groups in total. The Labute approximate surface area is 244 Å². The highest BCUT2D eigenvalue weighted by Crippen LogP contribution is 2.30. The van der Waals surface area contributed by atoms with Crippen LogP contribution in [0.25, 0.3) is 0 Å². The fraction of sp³-hybridized carbons (Fsp3) is 0.321. The zero-order chi connectivity index (χ0) is 32.5. The molecule has 2 heterocycles. The second-order valence-electron chi connectivity index (χ2n) is 9.94. The van der Waals surface area contributed by atoms with E-state index in [1.165, 1.54) is 19.9 Å². The Morgan fingerprint density at radius 2 is 1.66 bits per heavy atom. The van der Waals surface area contributed by atoms with Crippen LogP contribution in [0.4, 0.5) is 30.7 Å². The standard InChI is InChI=1S/C28H23F7N4O5/c1-14-15(2)25(41)36-39(44-27(43)28(33,34)35)21(14)12-16-3-8-20(30)19(11-16)26(42)37-9-10-38(22(40)13-37)23(24(31)32)17-4-6-18(29)7-5-17/h3-8,11,23-24H,9-10,12-13H2,1-2H3/p+1. The number of halogens is 7. The molecule has 0 aliphatic carbocycles. The number of alkyl halides is 5. The first-order chi connectivity index (χ1) is 20.6. The summed E-state index contributed by atoms with van der Waals surface area (Å²) in [6.45, 7) is 1.51. The Morgan fingerprint density at radius 1 is 1.00 bits per heavy atom. The van der Waals surface area contributed by atoms with Crippen molar-refractivity contribution in [1.82, 2.24) is 14.9 Å². The summed E-state index contributed by atoms with van der Waals surface area (Å²) in [5.74, 6) is -6.09. The van der Waals surface area contributed by atoms with E-state index >= 15 is 0 Å². The van der Waals surface area contributed by atoms with Crippen LogP contribution in [0.2, 0.25) is 0 Å². The van der Waals surface area contributed by atoms with Gasteiger partial charge < -0.3 is 9.80 Å². The highest BCUT2D eigenvalue weighted by atomic mass is 19.4. The molecule has 1 saturated heterocycles. The Balaban J connectivity index is 1.57. The Kier molecular flexibility index (Phi) is 9.11. The van der Waals surface area contributed by atoms with Gasteiger partial charge in [0.1, 0.15) is 29.1 Å². The molecule has 0 saturated carbocycles. The molecule has 2 amide bonds. The molecular formula is C28H24F7N4O5+. The van der Waals surface area contributed by atoms with Crippen LogP contribution in [0.5, 0.6) is 0 Å². The fourth-order valence-electron chi connectivity index (χ4n) is 4.68. The molecule has 1 unspecified atom stereocenters. The van der Waals surface area contributed by atoms with Gasteiger partial charge in [0.25, 0.3) is 18.0 Å². The van der Waals surface area contributed by atoms with E-state index in [0.29, 0.717) is 0 Å². The van der Waals surface area contributed by atoms with Gasteiger partial charge in [0, 0.05) is 24.2 Å². The normalized spacial score (nSPS) is 14.6. The number of benzene rings is 2. The lowest BCUT2D eigenvalue weighted by Crippen LogP contribution is -2.58. The molecule has 0 spiro atoms. The summed E-state index contributed by atoms with van der Waals surface area (Å²) >= 11 is 0. The molecule has 3 aromatic rings. The van der Waals surface area contributed by atoms with E-state index in [1.54, 1.807) is 0 Å². The number of piperazine rings is 1. The zero-order valence-corrected chi connectivity index (χ0v) is 23.1. The van der Waals surface area contributed by atoms with Crippen molar-refractivity contribution < 1.29 is 54.8 Å². The van der Waals surface area contributed by atoms with Gasteiger partial charge in [-0.1, -0.05) is 23.3 Å². The summed E-state index contributed by atoms with van der Waals surface area (Å²) in [7, 11) is 0. The van der Waals surface area contributed by atoms with E-state index in [1.807, 2.05) is 5.10 Å². The molecule has 234 valence electrons. The van der Waals surface area contributed by atoms with E-state index in [9.17, 15) is 49.9 Å². The third-order valence-electron chi connectivity index (χ3n) is 7.15. The third-order valence-corrected chi connectivity index (χ3v) is 7.15. The first kappa shape index (κ1) is 32.2. The molecule has 2 aromatic carbocycles. The van der Waals surface area contributed by atoms with Crippen LogP contribution in [-0.2, 0) is 16.0 Å². The second kappa shape index (κ2) is 12.5. The first-order valence-corrected chi connectivity index (χ1v) is 12.9. The summed E-state index contributed by atoms with van der Waals surface area (Å²) in [4.78, 5) is 56.1. The van der Waals surface area contributed by atoms with Gasteiger partial charge in [-0.05, 0) is 49.2 Å². The Morgan fingerprint density at radius 3 is 2.25 bits per heavy atom. The number of hydrogen-bond acceptors (Lipinski definition) is 5. The number of nitrogens with one attached hydrogen (secondary N) is 1. The minimum Gasteiger partial charge on any atom is -0.327 e. The second-order valence-corrected chi connectivity index (χ2v) is 9.94. The van der Waals surface area contributed by atoms with Gasteiger partial charge in [-0.15, -0.1) is 0 Å². The monoisotopic (exact) mass is 629 g/mol. The molecule has 1 fully saturated rings. The van der Waals surface area contributed by atoms with E-state index in [-0.39, 0.29) is 52.3 Å². The van der Waals surface area contributed by atoms with Crippen LogP contribution in [0.3, 0.4) is 0 Å². The average molecular weight is 630 g/mol. The Hall–Kier alpha value is -4.76. The number of hydrogen-bond donors (Lipinski definition) is 1. The quantitative estimate of drug-likeness (QED) is 0.320. The lowest BCUT2D eigenvalue weighted by atomic mass is 10.0. The van der Waals surface area contributed by atoms with Gasteiger partial charge in [-0.2, -0.15) is 18.0 Å². The summed E-state index contributed by atoms with van der Waals surface area (Å²) in [6, 6.07) is 5.68. The minimum absolute atomic E-state index is 0.0146. The molecule has 1 aromatic heterocycles. The maximum absolute atomic E-state index is 14.8. The first-order valence-electron chi connectivity index (χ1n) is 12.9. The number of H-pyrrole nitrogens is 1. The lowest BCUT2D eigenvalue weighted by Gasteiger charge is -2.39. The lowest BCUT2D eigenvalue weighted by molar-refractivity contribution is -0.921. The van der Waals surface area contributed by atoms with Crippen molar-refractivity contribution in [3.05, 3.63) is 98.0 Å². The molecule has 16 heteroatoms. The summed E-state index contributed by atoms with van der Waals surface area (Å²) in [5.41, 5.74) is -1.10. The van der Waals surface area contributed by atoms with E-state index in [0.717, 1.165) is 46.2 Å². The number of carbonyl (C=O) groups excluding carboxylic acids is 3. The van der Waals surface area contributed by atoms with Gasteiger partial charge in [-0.3, -0.25) is 14.4 Å². The number of rotatable bonds is 7. The molecule has 44 heavy (non-hydrogen) atoms. The number of nitrogens with zero attached hydrogens (tertiary/aromatic N) is 3. The number of aromatic nitrogens is 2. The largest absolute Gasteiger partial charge is 0.498 e. The van der Waals surface area contributed by atoms with Crippen molar-refractivity contribution in [2.45, 2.75) is 38.9 Å². The van der Waals surface area contributed by atoms with Crippen molar-refractivity contribution in [3.8, 4) is 0 Å². The molecule has 9 nitrogen and oxygen atoms in total. The maximum atomic E-state index is 14.8. The van der Waals surface area contributed by atoms with Crippen molar-refractivity contribution in [2.75, 3.05) is 19.6 Å². The van der Waals surface area contributed by atoms with Gasteiger partial charge in [0.05, 0.1) is 12.0 Å². The van der Waals surface area contributed by atoms with Crippen LogP contribution in [0.1, 0.15) is 44.3 Å². The van der Waals surface area contributed by atoms with Crippen molar-refractivity contribution >= 4 is 17.8 Å². The van der Waals surface area contributed by atoms with E-state index in [4.69, 9.17) is 0 Å². The summed E-state index contributed by atoms with van der Waals surface area (Å²) < 4.78 is 94.5. The maximum Gasteiger partial charge on any atom is 0.498 e. The van der Waals surface area contributed by atoms with E-state index < -0.39 is 65.7 Å². The van der Waals surface area contributed by atoms with E-state index in [2.05, 4.69) is 4.84 Å². The number of aromatic amines is 1. The predicted octanol–water partition coefficient (Wildman–Crippen LogP) is 2.96. The average Bonchev–Trinajstić information content (AvgIpc) is 2.95. The summed E-state index contributed by atoms with van der Waals surface area (Å²) in [5, 5.41) is 2.00. The van der Waals surface area contributed by atoms with Crippen LogP contribution >= 0.6 is 0 Å². The zero-order valence-electron chi connectivity index (χ0n) is 23.1. The smallest absolute Gasteiger partial charge is 0.327 e. The van der Waals surface area contributed by atoms with Crippen LogP contribution < -0.4 is 15.2 Å².